The molecule has 0 saturated heterocycles. The van der Waals surface area contributed by atoms with Gasteiger partial charge >= 0.3 is 6.18 Å². The van der Waals surface area contributed by atoms with Gasteiger partial charge in [-0.25, -0.2) is 26.9 Å². The fraction of sp³-hybridized carbons (Fsp3) is 0.250. The number of fused-ring (bicyclic) bond motifs is 3. The number of carbonyl (C=O) groups excluding carboxylic acids is 2. The SMILES string of the molecule is Cn1c(=NCC(F)F)n(CCF)c2cc(NC(=O)c3cc(F)cc(C(F)(F)F)c3)c3c(c21)C(=O)NC3c1cc(F)ccc1Cl. The maximum atomic E-state index is 14.3. The van der Waals surface area contributed by atoms with Crippen molar-refractivity contribution in [1.82, 2.24) is 14.5 Å². The molecule has 0 bridgehead atoms. The van der Waals surface area contributed by atoms with Crippen LogP contribution in [0.1, 0.15) is 43.4 Å². The minimum absolute atomic E-state index is 0.00821. The first-order chi connectivity index (χ1) is 20.7. The van der Waals surface area contributed by atoms with Crippen molar-refractivity contribution in [3.63, 3.8) is 0 Å². The lowest BCUT2D eigenvalue weighted by molar-refractivity contribution is -0.137. The average molecular weight is 646 g/mol. The van der Waals surface area contributed by atoms with Crippen LogP contribution in [0.2, 0.25) is 5.02 Å². The maximum absolute atomic E-state index is 14.3. The summed E-state index contributed by atoms with van der Waals surface area (Å²) in [6.07, 6.45) is -7.84. The summed E-state index contributed by atoms with van der Waals surface area (Å²) >= 11 is 6.32. The molecule has 232 valence electrons. The number of aryl methyl sites for hydroxylation is 2. The van der Waals surface area contributed by atoms with Crippen LogP contribution in [-0.4, -0.2) is 40.6 Å². The first-order valence-corrected chi connectivity index (χ1v) is 13.1. The number of anilines is 1. The molecule has 2 heterocycles. The zero-order valence-corrected chi connectivity index (χ0v) is 23.1. The molecule has 16 heteroatoms. The number of alkyl halides is 6. The van der Waals surface area contributed by atoms with Crippen LogP contribution in [0, 0.1) is 11.6 Å². The van der Waals surface area contributed by atoms with Crippen molar-refractivity contribution in [2.24, 2.45) is 12.0 Å². The average Bonchev–Trinajstić information content (AvgIpc) is 3.41. The fourth-order valence-corrected chi connectivity index (χ4v) is 5.44. The summed E-state index contributed by atoms with van der Waals surface area (Å²) in [5, 5.41) is 5.03. The van der Waals surface area contributed by atoms with Crippen LogP contribution in [0.15, 0.2) is 47.5 Å². The Bertz CT molecular complexity index is 1880. The molecule has 3 aromatic carbocycles. The lowest BCUT2D eigenvalue weighted by Gasteiger charge is -2.19. The lowest BCUT2D eigenvalue weighted by Crippen LogP contribution is -2.26. The number of nitrogens with zero attached hydrogens (tertiary/aromatic N) is 3. The standard InChI is InChI=1S/C28H20ClF8N5O2/c1-41-24-19(42(5-4-30)27(41)38-11-20(33)34)10-18(39-25(43)12-6-13(28(35,36)37)8-15(32)7-12)21-22(24)26(44)40-23(21)16-9-14(31)2-3-17(16)29/h2-3,6-10,20,23H,4-5,11H2,1H3,(H,39,43)(H,40,44). The molecule has 7 nitrogen and oxygen atoms in total. The van der Waals surface area contributed by atoms with E-state index in [1.165, 1.54) is 28.3 Å². The van der Waals surface area contributed by atoms with E-state index in [2.05, 4.69) is 15.6 Å². The third kappa shape index (κ3) is 5.63. The number of hydrogen-bond donors (Lipinski definition) is 2. The van der Waals surface area contributed by atoms with Crippen molar-refractivity contribution >= 4 is 40.1 Å². The molecule has 4 aromatic rings. The number of carbonyl (C=O) groups is 2. The second-order valence-electron chi connectivity index (χ2n) is 9.76. The molecule has 44 heavy (non-hydrogen) atoms. The Labute approximate surface area is 247 Å². The molecule has 1 unspecified atom stereocenters. The molecule has 0 spiro atoms. The molecule has 0 aliphatic carbocycles. The molecule has 1 aliphatic heterocycles. The quantitative estimate of drug-likeness (QED) is 0.237. The predicted octanol–water partition coefficient (Wildman–Crippen LogP) is 6.15. The van der Waals surface area contributed by atoms with Crippen molar-refractivity contribution in [3.8, 4) is 0 Å². The summed E-state index contributed by atoms with van der Waals surface area (Å²) in [4.78, 5) is 30.6. The number of amides is 2. The van der Waals surface area contributed by atoms with Gasteiger partial charge in [0.15, 0.2) is 0 Å². The van der Waals surface area contributed by atoms with Crippen molar-refractivity contribution in [1.29, 1.82) is 0 Å². The Morgan fingerprint density at radius 2 is 1.84 bits per heavy atom. The normalized spacial score (nSPS) is 15.3. The van der Waals surface area contributed by atoms with Gasteiger partial charge in [0.05, 0.1) is 34.7 Å². The molecule has 5 rings (SSSR count). The van der Waals surface area contributed by atoms with Crippen LogP contribution in [-0.2, 0) is 19.8 Å². The topological polar surface area (TPSA) is 80.4 Å². The highest BCUT2D eigenvalue weighted by Gasteiger charge is 2.38. The van der Waals surface area contributed by atoms with Crippen LogP contribution in [0.3, 0.4) is 0 Å². The Hall–Kier alpha value is -4.40. The van der Waals surface area contributed by atoms with Gasteiger partial charge in [-0.3, -0.25) is 9.59 Å². The fourth-order valence-electron chi connectivity index (χ4n) is 5.21. The van der Waals surface area contributed by atoms with Crippen LogP contribution in [0.5, 0.6) is 0 Å². The molecule has 0 radical (unpaired) electrons. The van der Waals surface area contributed by atoms with Gasteiger partial charge in [-0.1, -0.05) is 11.6 Å². The molecule has 0 saturated carbocycles. The van der Waals surface area contributed by atoms with Gasteiger partial charge in [0.1, 0.15) is 24.9 Å². The Morgan fingerprint density at radius 3 is 2.50 bits per heavy atom. The lowest BCUT2D eigenvalue weighted by atomic mass is 9.95. The van der Waals surface area contributed by atoms with Gasteiger partial charge < -0.3 is 19.8 Å². The predicted molar refractivity (Wildman–Crippen MR) is 143 cm³/mol. The highest BCUT2D eigenvalue weighted by Crippen LogP contribution is 2.43. The molecule has 2 amide bonds. The van der Waals surface area contributed by atoms with Crippen molar-refractivity contribution in [2.45, 2.75) is 25.2 Å². The van der Waals surface area contributed by atoms with Crippen LogP contribution in [0.4, 0.5) is 40.8 Å². The summed E-state index contributed by atoms with van der Waals surface area (Å²) in [6.45, 7) is -2.36. The number of benzene rings is 3. The van der Waals surface area contributed by atoms with E-state index >= 15 is 0 Å². The van der Waals surface area contributed by atoms with Crippen LogP contribution >= 0.6 is 11.6 Å². The summed E-state index contributed by atoms with van der Waals surface area (Å²) in [5.41, 5.74) is -2.50. The van der Waals surface area contributed by atoms with Gasteiger partial charge in [0.25, 0.3) is 18.2 Å². The largest absolute Gasteiger partial charge is 0.416 e. The van der Waals surface area contributed by atoms with E-state index in [0.29, 0.717) is 12.1 Å². The van der Waals surface area contributed by atoms with E-state index in [0.717, 1.165) is 12.1 Å². The number of aromatic nitrogens is 2. The molecule has 0 fully saturated rings. The van der Waals surface area contributed by atoms with Crippen LogP contribution < -0.4 is 16.3 Å². The van der Waals surface area contributed by atoms with E-state index in [1.807, 2.05) is 0 Å². The summed E-state index contributed by atoms with van der Waals surface area (Å²) < 4.78 is 111. The first-order valence-electron chi connectivity index (χ1n) is 12.8. The van der Waals surface area contributed by atoms with Crippen LogP contribution in [0.25, 0.3) is 11.0 Å². The Balaban J connectivity index is 1.80. The number of rotatable bonds is 7. The first kappa shape index (κ1) is 31.0. The number of hydrogen-bond acceptors (Lipinski definition) is 3. The van der Waals surface area contributed by atoms with E-state index in [9.17, 15) is 44.7 Å². The van der Waals surface area contributed by atoms with Crippen molar-refractivity contribution < 1.29 is 44.7 Å². The van der Waals surface area contributed by atoms with E-state index < -0.39 is 73.0 Å². The van der Waals surface area contributed by atoms with E-state index in [1.54, 1.807) is 0 Å². The highest BCUT2D eigenvalue weighted by molar-refractivity contribution is 6.31. The summed E-state index contributed by atoms with van der Waals surface area (Å²) in [5.74, 6) is -4.06. The van der Waals surface area contributed by atoms with E-state index in [4.69, 9.17) is 11.6 Å². The minimum atomic E-state index is -4.98. The van der Waals surface area contributed by atoms with Gasteiger partial charge in [0.2, 0.25) is 5.62 Å². The Kier molecular flexibility index (Phi) is 8.18. The van der Waals surface area contributed by atoms with Gasteiger partial charge in [-0.15, -0.1) is 0 Å². The summed E-state index contributed by atoms with van der Waals surface area (Å²) in [7, 11) is 1.39. The monoisotopic (exact) mass is 645 g/mol. The molecule has 1 aromatic heterocycles. The molecule has 2 N–H and O–H groups in total. The minimum Gasteiger partial charge on any atom is -0.341 e. The number of halogens is 9. The smallest absolute Gasteiger partial charge is 0.341 e. The molecular formula is C28H20ClF8N5O2. The molecule has 1 aliphatic rings. The second kappa shape index (κ2) is 11.6. The van der Waals surface area contributed by atoms with Gasteiger partial charge in [0, 0.05) is 34.4 Å². The van der Waals surface area contributed by atoms with Gasteiger partial charge in [-0.2, -0.15) is 13.2 Å². The molecule has 1 atom stereocenters. The van der Waals surface area contributed by atoms with Gasteiger partial charge in [-0.05, 0) is 42.5 Å². The number of nitrogens with one attached hydrogen (secondary N) is 2. The van der Waals surface area contributed by atoms with Crippen molar-refractivity contribution in [3.05, 3.63) is 92.6 Å². The maximum Gasteiger partial charge on any atom is 0.416 e. The zero-order chi connectivity index (χ0) is 32.1. The summed E-state index contributed by atoms with van der Waals surface area (Å²) in [6, 6.07) is 4.54. The Morgan fingerprint density at radius 1 is 1.11 bits per heavy atom. The second-order valence-corrected chi connectivity index (χ2v) is 10.2. The highest BCUT2D eigenvalue weighted by atomic mass is 35.5. The van der Waals surface area contributed by atoms with E-state index in [-0.39, 0.29) is 50.1 Å². The zero-order valence-electron chi connectivity index (χ0n) is 22.4. The number of imidazole rings is 1. The third-order valence-corrected chi connectivity index (χ3v) is 7.31. The molecular weight excluding hydrogens is 626 g/mol. The van der Waals surface area contributed by atoms with Crippen molar-refractivity contribution in [2.75, 3.05) is 18.5 Å². The third-order valence-electron chi connectivity index (χ3n) is 6.96.